The van der Waals surface area contributed by atoms with Gasteiger partial charge in [-0.1, -0.05) is 76.1 Å². The average Bonchev–Trinajstić information content (AvgIpc) is 3.71. The molecule has 0 saturated carbocycles. The van der Waals surface area contributed by atoms with Crippen molar-refractivity contribution in [2.45, 2.75) is 102 Å². The maximum absolute atomic E-state index is 14.6. The Morgan fingerprint density at radius 1 is 1.19 bits per heavy atom. The van der Waals surface area contributed by atoms with Crippen molar-refractivity contribution in [1.29, 1.82) is 0 Å². The van der Waals surface area contributed by atoms with Crippen molar-refractivity contribution in [3.63, 3.8) is 0 Å². The number of aliphatic hydroxyl groups is 1. The van der Waals surface area contributed by atoms with Gasteiger partial charge in [-0.2, -0.15) is 0 Å². The number of amides is 3. The maximum Gasteiger partial charge on any atom is 0.313 e. The largest absolute Gasteiger partial charge is 0.455 e. The first-order valence-electron chi connectivity index (χ1n) is 17.3. The lowest BCUT2D eigenvalue weighted by Crippen LogP contribution is -2.59. The minimum Gasteiger partial charge on any atom is -0.455 e. The van der Waals surface area contributed by atoms with Crippen LogP contribution in [0.1, 0.15) is 83.8 Å². The quantitative estimate of drug-likeness (QED) is 0.130. The van der Waals surface area contributed by atoms with E-state index in [0.717, 1.165) is 19.3 Å². The third-order valence-corrected chi connectivity index (χ3v) is 9.77. The zero-order chi connectivity index (χ0) is 34.1. The van der Waals surface area contributed by atoms with Gasteiger partial charge >= 0.3 is 5.97 Å². The fourth-order valence-corrected chi connectivity index (χ4v) is 7.67. The second-order valence-electron chi connectivity index (χ2n) is 13.5. The number of fused-ring (bicyclic) bond motifs is 1. The summed E-state index contributed by atoms with van der Waals surface area (Å²) < 4.78 is 12.8. The lowest BCUT2D eigenvalue weighted by molar-refractivity contribution is -0.161. The molecule has 10 heteroatoms. The molecular weight excluding hydrogens is 598 g/mol. The van der Waals surface area contributed by atoms with Crippen molar-refractivity contribution in [3.05, 3.63) is 61.2 Å². The molecule has 2 bridgehead atoms. The first kappa shape index (κ1) is 36.3. The van der Waals surface area contributed by atoms with Crippen LogP contribution in [0.2, 0.25) is 0 Å². The Hall–Kier alpha value is -3.50. The molecule has 0 aliphatic carbocycles. The zero-order valence-corrected chi connectivity index (χ0v) is 28.3. The number of benzene rings is 1. The van der Waals surface area contributed by atoms with Gasteiger partial charge in [0.25, 0.3) is 0 Å². The highest BCUT2D eigenvalue weighted by atomic mass is 16.6. The molecule has 1 aromatic carbocycles. The average molecular weight is 652 g/mol. The molecule has 0 radical (unpaired) electrons. The van der Waals surface area contributed by atoms with Crippen LogP contribution >= 0.6 is 0 Å². The second-order valence-corrected chi connectivity index (χ2v) is 13.5. The summed E-state index contributed by atoms with van der Waals surface area (Å²) in [4.78, 5) is 59.0. The van der Waals surface area contributed by atoms with Gasteiger partial charge in [-0.25, -0.2) is 0 Å². The summed E-state index contributed by atoms with van der Waals surface area (Å²) in [6.07, 6.45) is 6.98. The SMILES string of the molecule is C=CCCC(=O)NC[C@@H](OC(=O)[C@@H]1[C@H]2C(=O)N([C@@H](CO)CC(C)C)[C@H](C(=O)N(CC=C)CCCCC)[C@]23CC[C@H]1O3)c1ccccc1. The number of likely N-dealkylation sites (tertiary alicyclic amines) is 1. The lowest BCUT2D eigenvalue weighted by atomic mass is 9.70. The highest BCUT2D eigenvalue weighted by Gasteiger charge is 2.75. The third-order valence-electron chi connectivity index (χ3n) is 9.77. The summed E-state index contributed by atoms with van der Waals surface area (Å²) in [6.45, 7) is 14.2. The Morgan fingerprint density at radius 2 is 1.94 bits per heavy atom. The Labute approximate surface area is 279 Å². The summed E-state index contributed by atoms with van der Waals surface area (Å²) in [5.74, 6) is -3.07. The first-order valence-corrected chi connectivity index (χ1v) is 17.3. The number of carbonyl (C=O) groups is 4. The highest BCUT2D eigenvalue weighted by molar-refractivity contribution is 5.98. The fraction of sp³-hybridized carbons (Fsp3) is 0.622. The van der Waals surface area contributed by atoms with Crippen LogP contribution in [0.25, 0.3) is 0 Å². The van der Waals surface area contributed by atoms with Crippen molar-refractivity contribution in [2.24, 2.45) is 17.8 Å². The van der Waals surface area contributed by atoms with Crippen molar-refractivity contribution < 1.29 is 33.8 Å². The van der Waals surface area contributed by atoms with E-state index in [-0.39, 0.29) is 43.2 Å². The minimum absolute atomic E-state index is 0.0657. The van der Waals surface area contributed by atoms with Gasteiger partial charge < -0.3 is 29.7 Å². The number of nitrogens with one attached hydrogen (secondary N) is 1. The number of esters is 1. The summed E-state index contributed by atoms with van der Waals surface area (Å²) >= 11 is 0. The zero-order valence-electron chi connectivity index (χ0n) is 28.3. The number of allylic oxidation sites excluding steroid dienone is 1. The van der Waals surface area contributed by atoms with Gasteiger partial charge in [0.2, 0.25) is 17.7 Å². The Bertz CT molecular complexity index is 1270. The summed E-state index contributed by atoms with van der Waals surface area (Å²) in [7, 11) is 0. The van der Waals surface area contributed by atoms with Crippen LogP contribution < -0.4 is 5.32 Å². The van der Waals surface area contributed by atoms with E-state index in [1.807, 2.05) is 44.2 Å². The molecule has 3 amide bonds. The van der Waals surface area contributed by atoms with Gasteiger partial charge in [-0.3, -0.25) is 19.2 Å². The summed E-state index contributed by atoms with van der Waals surface area (Å²) in [5, 5.41) is 13.4. The highest BCUT2D eigenvalue weighted by Crippen LogP contribution is 2.59. The fourth-order valence-electron chi connectivity index (χ4n) is 7.67. The molecule has 4 rings (SSSR count). The summed E-state index contributed by atoms with van der Waals surface area (Å²) in [5.41, 5.74) is -0.501. The molecule has 10 nitrogen and oxygen atoms in total. The topological polar surface area (TPSA) is 125 Å². The molecule has 3 heterocycles. The second kappa shape index (κ2) is 16.6. The van der Waals surface area contributed by atoms with Crippen LogP contribution in [-0.4, -0.2) is 88.6 Å². The smallest absolute Gasteiger partial charge is 0.313 e. The van der Waals surface area contributed by atoms with Crippen molar-refractivity contribution in [1.82, 2.24) is 15.1 Å². The van der Waals surface area contributed by atoms with E-state index in [4.69, 9.17) is 9.47 Å². The van der Waals surface area contributed by atoms with E-state index in [9.17, 15) is 24.3 Å². The predicted octanol–water partition coefficient (Wildman–Crippen LogP) is 4.34. The number of nitrogens with zero attached hydrogens (tertiary/aromatic N) is 2. The Morgan fingerprint density at radius 3 is 2.57 bits per heavy atom. The number of hydrogen-bond donors (Lipinski definition) is 2. The molecular formula is C37H53N3O7. The number of carbonyl (C=O) groups excluding carboxylic acids is 4. The van der Waals surface area contributed by atoms with Gasteiger partial charge in [0, 0.05) is 19.5 Å². The van der Waals surface area contributed by atoms with E-state index >= 15 is 0 Å². The number of rotatable bonds is 19. The van der Waals surface area contributed by atoms with Crippen LogP contribution in [0.4, 0.5) is 0 Å². The molecule has 1 aromatic rings. The number of unbranched alkanes of at least 4 members (excludes halogenated alkanes) is 2. The number of ether oxygens (including phenoxy) is 2. The van der Waals surface area contributed by atoms with E-state index in [0.29, 0.717) is 44.3 Å². The minimum atomic E-state index is -1.21. The van der Waals surface area contributed by atoms with Crippen molar-refractivity contribution in [2.75, 3.05) is 26.2 Å². The van der Waals surface area contributed by atoms with Gasteiger partial charge in [-0.15, -0.1) is 13.2 Å². The van der Waals surface area contributed by atoms with Gasteiger partial charge in [-0.05, 0) is 43.6 Å². The van der Waals surface area contributed by atoms with Gasteiger partial charge in [0.1, 0.15) is 17.7 Å². The van der Waals surface area contributed by atoms with E-state index in [2.05, 4.69) is 25.4 Å². The van der Waals surface area contributed by atoms with E-state index in [1.165, 1.54) is 0 Å². The molecule has 2 N–H and O–H groups in total. The maximum atomic E-state index is 14.6. The first-order chi connectivity index (χ1) is 22.6. The predicted molar refractivity (Wildman–Crippen MR) is 179 cm³/mol. The van der Waals surface area contributed by atoms with Gasteiger partial charge in [0.15, 0.2) is 0 Å². The van der Waals surface area contributed by atoms with Crippen LogP contribution in [-0.2, 0) is 28.7 Å². The Kier molecular flexibility index (Phi) is 12.8. The number of aliphatic hydroxyl groups excluding tert-OH is 1. The molecule has 3 fully saturated rings. The summed E-state index contributed by atoms with van der Waals surface area (Å²) in [6, 6.07) is 7.59. The monoisotopic (exact) mass is 651 g/mol. The third kappa shape index (κ3) is 7.81. The van der Waals surface area contributed by atoms with Crippen LogP contribution in [0, 0.1) is 17.8 Å². The lowest BCUT2D eigenvalue weighted by Gasteiger charge is -2.39. The van der Waals surface area contributed by atoms with Crippen molar-refractivity contribution in [3.8, 4) is 0 Å². The van der Waals surface area contributed by atoms with E-state index in [1.54, 1.807) is 22.0 Å². The molecule has 0 aromatic heterocycles. The van der Waals surface area contributed by atoms with Crippen LogP contribution in [0.3, 0.4) is 0 Å². The van der Waals surface area contributed by atoms with Gasteiger partial charge in [0.05, 0.1) is 37.1 Å². The molecule has 3 aliphatic rings. The molecule has 1 spiro atoms. The standard InChI is InChI=1S/C37H53N3O7/c1-6-9-14-21-39(20-8-3)35(44)33-37-19-18-28(47-37)31(32(37)34(43)40(33)27(24-41)22-25(4)5)36(45)46-29(26-15-12-11-13-16-26)23-38-30(42)17-10-7-2/h7-8,11-13,15-16,25,27-29,31-33,41H,2-3,6,9-10,14,17-24H2,1,4-5H3,(H,38,42)/t27-,28-,29-,31+,32+,33-,37+/m1/s1. The molecule has 3 aliphatic heterocycles. The molecule has 47 heavy (non-hydrogen) atoms. The van der Waals surface area contributed by atoms with Crippen LogP contribution in [0.5, 0.6) is 0 Å². The molecule has 7 atom stereocenters. The molecule has 0 unspecified atom stereocenters. The van der Waals surface area contributed by atoms with Crippen molar-refractivity contribution >= 4 is 23.7 Å². The van der Waals surface area contributed by atoms with Crippen LogP contribution in [0.15, 0.2) is 55.6 Å². The Balaban J connectivity index is 1.67. The number of hydrogen-bond acceptors (Lipinski definition) is 7. The normalized spacial score (nSPS) is 25.7. The molecule has 3 saturated heterocycles. The molecule has 258 valence electrons. The van der Waals surface area contributed by atoms with E-state index < -0.39 is 47.7 Å².